The van der Waals surface area contributed by atoms with E-state index in [1.54, 1.807) is 12.1 Å². The number of aliphatic hydroxyl groups is 1. The fraction of sp³-hybridized carbons (Fsp3) is 0.0952. The Balaban J connectivity index is 1.84. The number of nitrogens with two attached hydrogens (primary N) is 1. The van der Waals surface area contributed by atoms with Crippen molar-refractivity contribution in [1.29, 1.82) is 0 Å². The van der Waals surface area contributed by atoms with E-state index < -0.39 is 30.4 Å². The van der Waals surface area contributed by atoms with Crippen LogP contribution >= 0.6 is 0 Å². The van der Waals surface area contributed by atoms with Crippen LogP contribution in [0.5, 0.6) is 17.2 Å². The van der Waals surface area contributed by atoms with Gasteiger partial charge in [-0.3, -0.25) is 9.59 Å². The highest BCUT2D eigenvalue weighted by atomic mass is 19.4. The van der Waals surface area contributed by atoms with Gasteiger partial charge in [-0.25, -0.2) is 4.98 Å². The number of halogens is 3. The second-order valence-electron chi connectivity index (χ2n) is 6.22. The molecule has 0 aliphatic heterocycles. The number of hydrogen-bond acceptors (Lipinski definition) is 6. The second-order valence-corrected chi connectivity index (χ2v) is 6.22. The number of ketones is 1. The van der Waals surface area contributed by atoms with Gasteiger partial charge in [0, 0.05) is 17.2 Å². The van der Waals surface area contributed by atoms with Crippen molar-refractivity contribution < 1.29 is 37.3 Å². The van der Waals surface area contributed by atoms with Crippen molar-refractivity contribution in [2.24, 2.45) is 5.73 Å². The Bertz CT molecular complexity index is 1110. The van der Waals surface area contributed by atoms with E-state index in [-0.39, 0.29) is 22.7 Å². The zero-order valence-electron chi connectivity index (χ0n) is 15.7. The largest absolute Gasteiger partial charge is 0.573 e. The molecule has 0 radical (unpaired) electrons. The van der Waals surface area contributed by atoms with Crippen LogP contribution in [-0.2, 0) is 0 Å². The Morgan fingerprint density at radius 1 is 0.968 bits per heavy atom. The highest BCUT2D eigenvalue weighted by Crippen LogP contribution is 2.30. The molecular formula is C21H15F3N2O5. The Morgan fingerprint density at radius 2 is 1.65 bits per heavy atom. The number of carbonyl (C=O) groups excluding carboxylic acids is 2. The van der Waals surface area contributed by atoms with Crippen LogP contribution in [0.1, 0.15) is 20.8 Å². The molecule has 7 nitrogen and oxygen atoms in total. The maximum absolute atomic E-state index is 12.4. The molecule has 0 fully saturated rings. The first-order valence-electron chi connectivity index (χ1n) is 8.74. The number of hydrogen-bond donors (Lipinski definition) is 2. The molecule has 3 aromatic rings. The molecule has 1 aromatic heterocycles. The van der Waals surface area contributed by atoms with E-state index in [0.29, 0.717) is 11.3 Å². The summed E-state index contributed by atoms with van der Waals surface area (Å²) in [6, 6.07) is 13.8. The minimum absolute atomic E-state index is 0.0723. The minimum Gasteiger partial charge on any atom is -0.457 e. The van der Waals surface area contributed by atoms with Gasteiger partial charge < -0.3 is 20.3 Å². The zero-order chi connectivity index (χ0) is 22.6. The van der Waals surface area contributed by atoms with Crippen molar-refractivity contribution in [1.82, 2.24) is 4.98 Å². The number of pyridine rings is 1. The first-order valence-corrected chi connectivity index (χ1v) is 8.74. The van der Waals surface area contributed by atoms with Gasteiger partial charge in [0.1, 0.15) is 29.5 Å². The fourth-order valence-corrected chi connectivity index (χ4v) is 2.62. The maximum atomic E-state index is 12.4. The topological polar surface area (TPSA) is 112 Å². The lowest BCUT2D eigenvalue weighted by molar-refractivity contribution is -0.274. The number of carbonyl (C=O) groups is 2. The molecule has 0 saturated carbocycles. The molecule has 0 aliphatic carbocycles. The van der Waals surface area contributed by atoms with E-state index in [2.05, 4.69) is 9.72 Å². The average molecular weight is 432 g/mol. The van der Waals surface area contributed by atoms with Crippen molar-refractivity contribution in [3.63, 3.8) is 0 Å². The number of rotatable bonds is 7. The molecule has 0 spiro atoms. The van der Waals surface area contributed by atoms with Crippen LogP contribution in [0.3, 0.4) is 0 Å². The summed E-state index contributed by atoms with van der Waals surface area (Å²) in [4.78, 5) is 27.4. The molecule has 1 amide bonds. The van der Waals surface area contributed by atoms with Gasteiger partial charge >= 0.3 is 6.36 Å². The lowest BCUT2D eigenvalue weighted by Gasteiger charge is -2.11. The molecule has 3 N–H and O–H groups in total. The highest BCUT2D eigenvalue weighted by Gasteiger charge is 2.31. The molecule has 0 bridgehead atoms. The van der Waals surface area contributed by atoms with Gasteiger partial charge in [0.15, 0.2) is 5.78 Å². The van der Waals surface area contributed by atoms with Crippen molar-refractivity contribution >= 4 is 11.7 Å². The number of benzene rings is 2. The average Bonchev–Trinajstić information content (AvgIpc) is 2.72. The van der Waals surface area contributed by atoms with Gasteiger partial charge in [-0.1, -0.05) is 6.07 Å². The van der Waals surface area contributed by atoms with Crippen LogP contribution in [0.15, 0.2) is 60.7 Å². The summed E-state index contributed by atoms with van der Waals surface area (Å²) in [5.74, 6) is -1.43. The SMILES string of the molecule is NC(=O)c1cc(C(=O)CO)cc(-c2ccc(Oc3cccc(OC(F)(F)F)c3)cc2)n1. The molecule has 0 saturated heterocycles. The summed E-state index contributed by atoms with van der Waals surface area (Å²) in [7, 11) is 0. The summed E-state index contributed by atoms with van der Waals surface area (Å²) in [6.45, 7) is -0.744. The van der Waals surface area contributed by atoms with E-state index in [9.17, 15) is 22.8 Å². The molecule has 1 heterocycles. The van der Waals surface area contributed by atoms with Crippen LogP contribution in [0.2, 0.25) is 0 Å². The third kappa shape index (κ3) is 5.80. The molecule has 0 unspecified atom stereocenters. The molecule has 10 heteroatoms. The predicted molar refractivity (Wildman–Crippen MR) is 103 cm³/mol. The molecule has 160 valence electrons. The number of aromatic nitrogens is 1. The normalized spacial score (nSPS) is 11.1. The summed E-state index contributed by atoms with van der Waals surface area (Å²) < 4.78 is 46.4. The van der Waals surface area contributed by atoms with E-state index in [0.717, 1.165) is 12.1 Å². The first-order chi connectivity index (χ1) is 14.6. The number of nitrogens with zero attached hydrogens (tertiary/aromatic N) is 1. The van der Waals surface area contributed by atoms with Gasteiger partial charge in [0.2, 0.25) is 0 Å². The number of primary amides is 1. The van der Waals surface area contributed by atoms with Crippen LogP contribution < -0.4 is 15.2 Å². The monoisotopic (exact) mass is 432 g/mol. The van der Waals surface area contributed by atoms with Gasteiger partial charge in [-0.15, -0.1) is 13.2 Å². The predicted octanol–water partition coefficient (Wildman–Crippen LogP) is 3.71. The van der Waals surface area contributed by atoms with Crippen LogP contribution in [0, 0.1) is 0 Å². The summed E-state index contributed by atoms with van der Waals surface area (Å²) in [6.07, 6.45) is -4.82. The number of aliphatic hydroxyl groups excluding tert-OH is 1. The van der Waals surface area contributed by atoms with E-state index in [1.807, 2.05) is 0 Å². The Hall–Kier alpha value is -3.92. The van der Waals surface area contributed by atoms with Gasteiger partial charge in [-0.2, -0.15) is 0 Å². The van der Waals surface area contributed by atoms with Crippen molar-refractivity contribution in [3.05, 3.63) is 71.9 Å². The second kappa shape index (κ2) is 8.84. The first kappa shape index (κ1) is 21.8. The van der Waals surface area contributed by atoms with Crippen LogP contribution in [0.25, 0.3) is 11.3 Å². The number of alkyl halides is 3. The smallest absolute Gasteiger partial charge is 0.457 e. The third-order valence-corrected chi connectivity index (χ3v) is 3.97. The molecular weight excluding hydrogens is 417 g/mol. The Labute approximate surface area is 173 Å². The fourth-order valence-electron chi connectivity index (χ4n) is 2.62. The third-order valence-electron chi connectivity index (χ3n) is 3.97. The van der Waals surface area contributed by atoms with Crippen LogP contribution in [-0.4, -0.2) is 34.8 Å². The molecule has 0 aliphatic rings. The number of amides is 1. The quantitative estimate of drug-likeness (QED) is 0.551. The molecule has 31 heavy (non-hydrogen) atoms. The van der Waals surface area contributed by atoms with Gasteiger partial charge in [0.25, 0.3) is 5.91 Å². The summed E-state index contributed by atoms with van der Waals surface area (Å²) in [5.41, 5.74) is 5.96. The zero-order valence-corrected chi connectivity index (χ0v) is 15.7. The van der Waals surface area contributed by atoms with Gasteiger partial charge in [0.05, 0.1) is 5.69 Å². The number of ether oxygens (including phenoxy) is 2. The van der Waals surface area contributed by atoms with Crippen molar-refractivity contribution in [2.75, 3.05) is 6.61 Å². The lowest BCUT2D eigenvalue weighted by atomic mass is 10.1. The van der Waals surface area contributed by atoms with Crippen molar-refractivity contribution in [3.8, 4) is 28.5 Å². The van der Waals surface area contributed by atoms with Crippen molar-refractivity contribution in [2.45, 2.75) is 6.36 Å². The van der Waals surface area contributed by atoms with E-state index in [4.69, 9.17) is 15.6 Å². The molecule has 3 rings (SSSR count). The lowest BCUT2D eigenvalue weighted by Crippen LogP contribution is -2.17. The van der Waals surface area contributed by atoms with E-state index in [1.165, 1.54) is 36.4 Å². The van der Waals surface area contributed by atoms with E-state index >= 15 is 0 Å². The Kier molecular flexibility index (Phi) is 6.21. The summed E-state index contributed by atoms with van der Waals surface area (Å²) >= 11 is 0. The minimum atomic E-state index is -4.82. The number of Topliss-reactive ketones (excluding diaryl/α,β-unsaturated/α-hetero) is 1. The standard InChI is InChI=1S/C21H15F3N2O5/c22-21(23,24)31-16-3-1-2-15(10-16)30-14-6-4-12(5-7-14)17-8-13(19(28)11-27)9-18(26-17)20(25)29/h1-10,27H,11H2,(H2,25,29). The van der Waals surface area contributed by atoms with Crippen LogP contribution in [0.4, 0.5) is 13.2 Å². The molecule has 2 aromatic carbocycles. The molecule has 0 atom stereocenters. The Morgan fingerprint density at radius 3 is 2.26 bits per heavy atom. The summed E-state index contributed by atoms with van der Waals surface area (Å²) in [5, 5.41) is 9.06. The highest BCUT2D eigenvalue weighted by molar-refractivity contribution is 6.00. The van der Waals surface area contributed by atoms with Gasteiger partial charge in [-0.05, 0) is 48.5 Å². The maximum Gasteiger partial charge on any atom is 0.573 e.